The van der Waals surface area contributed by atoms with E-state index >= 15 is 0 Å². The molecule has 0 radical (unpaired) electrons. The quantitative estimate of drug-likeness (QED) is 0.730. The van der Waals surface area contributed by atoms with Crippen LogP contribution in [0.5, 0.6) is 5.75 Å². The molecule has 0 bridgehead atoms. The molecule has 0 saturated carbocycles. The Labute approximate surface area is 126 Å². The van der Waals surface area contributed by atoms with Gasteiger partial charge in [0.25, 0.3) is 0 Å². The highest BCUT2D eigenvalue weighted by atomic mass is 79.9. The van der Waals surface area contributed by atoms with E-state index in [-0.39, 0.29) is 0 Å². The number of hydrogen-bond acceptors (Lipinski definition) is 2. The van der Waals surface area contributed by atoms with E-state index in [2.05, 4.69) is 54.3 Å². The molecule has 2 nitrogen and oxygen atoms in total. The van der Waals surface area contributed by atoms with E-state index in [9.17, 15) is 0 Å². The van der Waals surface area contributed by atoms with Crippen LogP contribution in [0, 0.1) is 5.92 Å². The van der Waals surface area contributed by atoms with E-state index in [1.165, 1.54) is 31.2 Å². The Kier molecular flexibility index (Phi) is 7.47. The highest BCUT2D eigenvalue weighted by Gasteiger charge is 2.21. The molecule has 1 aromatic carbocycles. The summed E-state index contributed by atoms with van der Waals surface area (Å²) in [6.07, 6.45) is 5.01. The fraction of sp³-hybridized carbons (Fsp3) is 0.625. The first-order chi connectivity index (χ1) is 9.17. The van der Waals surface area contributed by atoms with Crippen molar-refractivity contribution in [2.24, 2.45) is 5.92 Å². The van der Waals surface area contributed by atoms with Crippen molar-refractivity contribution in [1.82, 2.24) is 5.32 Å². The zero-order valence-electron chi connectivity index (χ0n) is 12.5. The molecule has 1 rings (SSSR count). The van der Waals surface area contributed by atoms with Crippen LogP contribution in [-0.2, 0) is 0 Å². The van der Waals surface area contributed by atoms with Crippen LogP contribution in [0.1, 0.15) is 51.1 Å². The molecular formula is C16H26BrNO. The van der Waals surface area contributed by atoms with Gasteiger partial charge >= 0.3 is 0 Å². The smallest absolute Gasteiger partial charge is 0.133 e. The van der Waals surface area contributed by atoms with Gasteiger partial charge in [-0.2, -0.15) is 0 Å². The van der Waals surface area contributed by atoms with Gasteiger partial charge in [0.1, 0.15) is 5.75 Å². The van der Waals surface area contributed by atoms with Crippen LogP contribution in [0.2, 0.25) is 0 Å². The van der Waals surface area contributed by atoms with Crippen molar-refractivity contribution >= 4 is 15.9 Å². The Morgan fingerprint density at radius 1 is 1.21 bits per heavy atom. The first-order valence-electron chi connectivity index (χ1n) is 7.18. The molecule has 0 spiro atoms. The summed E-state index contributed by atoms with van der Waals surface area (Å²) in [5.74, 6) is 1.58. The Balaban J connectivity index is 2.96. The lowest BCUT2D eigenvalue weighted by Crippen LogP contribution is -2.25. The van der Waals surface area contributed by atoms with Gasteiger partial charge in [-0.3, -0.25) is 0 Å². The van der Waals surface area contributed by atoms with E-state index in [0.717, 1.165) is 10.2 Å². The van der Waals surface area contributed by atoms with Crippen molar-refractivity contribution in [1.29, 1.82) is 0 Å². The van der Waals surface area contributed by atoms with Gasteiger partial charge in [0.05, 0.1) is 11.6 Å². The van der Waals surface area contributed by atoms with E-state index in [1.54, 1.807) is 7.11 Å². The minimum absolute atomic E-state index is 0.419. The summed E-state index contributed by atoms with van der Waals surface area (Å²) in [4.78, 5) is 0. The fourth-order valence-corrected chi connectivity index (χ4v) is 3.33. The van der Waals surface area contributed by atoms with Crippen LogP contribution in [0.15, 0.2) is 22.7 Å². The molecule has 0 aliphatic heterocycles. The first-order valence-corrected chi connectivity index (χ1v) is 7.97. The van der Waals surface area contributed by atoms with Crippen LogP contribution in [-0.4, -0.2) is 14.2 Å². The highest BCUT2D eigenvalue weighted by Crippen LogP contribution is 2.33. The Bertz CT molecular complexity index is 375. The topological polar surface area (TPSA) is 21.3 Å². The molecule has 1 atom stereocenters. The first kappa shape index (κ1) is 16.5. The third kappa shape index (κ3) is 4.50. The average Bonchev–Trinajstić information content (AvgIpc) is 2.40. The second-order valence-corrected chi connectivity index (χ2v) is 5.85. The maximum atomic E-state index is 5.30. The predicted octanol–water partition coefficient (Wildman–Crippen LogP) is 4.93. The number of halogens is 1. The van der Waals surface area contributed by atoms with E-state index in [0.29, 0.717) is 12.0 Å². The molecule has 0 aliphatic carbocycles. The molecule has 0 heterocycles. The summed E-state index contributed by atoms with van der Waals surface area (Å²) in [6, 6.07) is 6.81. The van der Waals surface area contributed by atoms with Gasteiger partial charge in [-0.25, -0.2) is 0 Å². The molecular weight excluding hydrogens is 302 g/mol. The highest BCUT2D eigenvalue weighted by molar-refractivity contribution is 9.10. The van der Waals surface area contributed by atoms with E-state index in [4.69, 9.17) is 4.74 Å². The van der Waals surface area contributed by atoms with Gasteiger partial charge in [-0.1, -0.05) is 32.8 Å². The van der Waals surface area contributed by atoms with Gasteiger partial charge in [0, 0.05) is 6.04 Å². The molecule has 108 valence electrons. The van der Waals surface area contributed by atoms with Gasteiger partial charge in [-0.15, -0.1) is 0 Å². The zero-order chi connectivity index (χ0) is 14.3. The maximum Gasteiger partial charge on any atom is 0.133 e. The normalized spacial score (nSPS) is 12.7. The van der Waals surface area contributed by atoms with Crippen molar-refractivity contribution in [3.8, 4) is 5.75 Å². The number of benzene rings is 1. The second-order valence-electron chi connectivity index (χ2n) is 5.00. The SMILES string of the molecule is CCCC(CCC)C(NC)c1ccc(OC)c(Br)c1. The fourth-order valence-electron chi connectivity index (χ4n) is 2.77. The monoisotopic (exact) mass is 327 g/mol. The van der Waals surface area contributed by atoms with Crippen LogP contribution >= 0.6 is 15.9 Å². The molecule has 0 aromatic heterocycles. The Morgan fingerprint density at radius 3 is 2.26 bits per heavy atom. The number of ether oxygens (including phenoxy) is 1. The number of hydrogen-bond donors (Lipinski definition) is 1. The molecule has 0 amide bonds. The lowest BCUT2D eigenvalue weighted by atomic mass is 9.86. The second kappa shape index (κ2) is 8.60. The lowest BCUT2D eigenvalue weighted by Gasteiger charge is -2.27. The van der Waals surface area contributed by atoms with Crippen LogP contribution < -0.4 is 10.1 Å². The van der Waals surface area contributed by atoms with Crippen LogP contribution in [0.25, 0.3) is 0 Å². The van der Waals surface area contributed by atoms with E-state index < -0.39 is 0 Å². The zero-order valence-corrected chi connectivity index (χ0v) is 14.1. The molecule has 1 N–H and O–H groups in total. The maximum absolute atomic E-state index is 5.30. The molecule has 0 fully saturated rings. The predicted molar refractivity (Wildman–Crippen MR) is 85.8 cm³/mol. The van der Waals surface area contributed by atoms with Gasteiger partial charge in [-0.05, 0) is 59.4 Å². The molecule has 0 saturated heterocycles. The Hall–Kier alpha value is -0.540. The summed E-state index contributed by atoms with van der Waals surface area (Å²) in [7, 11) is 3.76. The number of methoxy groups -OCH3 is 1. The molecule has 1 aromatic rings. The molecule has 0 aliphatic rings. The molecule has 1 unspecified atom stereocenters. The van der Waals surface area contributed by atoms with Crippen molar-refractivity contribution in [2.45, 2.75) is 45.6 Å². The molecule has 3 heteroatoms. The Morgan fingerprint density at radius 2 is 1.84 bits per heavy atom. The van der Waals surface area contributed by atoms with Crippen LogP contribution in [0.4, 0.5) is 0 Å². The lowest BCUT2D eigenvalue weighted by molar-refractivity contribution is 0.330. The average molecular weight is 328 g/mol. The summed E-state index contributed by atoms with van der Waals surface area (Å²) in [6.45, 7) is 4.53. The number of rotatable bonds is 8. The summed E-state index contributed by atoms with van der Waals surface area (Å²) >= 11 is 3.58. The minimum Gasteiger partial charge on any atom is -0.496 e. The van der Waals surface area contributed by atoms with Gasteiger partial charge in [0.15, 0.2) is 0 Å². The minimum atomic E-state index is 0.419. The largest absolute Gasteiger partial charge is 0.496 e. The van der Waals surface area contributed by atoms with E-state index in [1.807, 2.05) is 6.07 Å². The van der Waals surface area contributed by atoms with Crippen molar-refractivity contribution in [3.05, 3.63) is 28.2 Å². The third-order valence-corrected chi connectivity index (χ3v) is 4.26. The van der Waals surface area contributed by atoms with Crippen molar-refractivity contribution < 1.29 is 4.74 Å². The van der Waals surface area contributed by atoms with Gasteiger partial charge in [0.2, 0.25) is 0 Å². The standard InChI is InChI=1S/C16H26BrNO/c1-5-7-12(8-6-2)16(18-3)13-9-10-15(19-4)14(17)11-13/h9-12,16,18H,5-8H2,1-4H3. The summed E-state index contributed by atoms with van der Waals surface area (Å²) in [5, 5.41) is 3.49. The summed E-state index contributed by atoms with van der Waals surface area (Å²) < 4.78 is 6.33. The summed E-state index contributed by atoms with van der Waals surface area (Å²) in [5.41, 5.74) is 1.34. The third-order valence-electron chi connectivity index (χ3n) is 3.64. The molecule has 19 heavy (non-hydrogen) atoms. The van der Waals surface area contributed by atoms with Gasteiger partial charge < -0.3 is 10.1 Å². The van der Waals surface area contributed by atoms with Crippen LogP contribution in [0.3, 0.4) is 0 Å². The van der Waals surface area contributed by atoms with Crippen molar-refractivity contribution in [2.75, 3.05) is 14.2 Å². The van der Waals surface area contributed by atoms with Crippen molar-refractivity contribution in [3.63, 3.8) is 0 Å². The number of nitrogens with one attached hydrogen (secondary N) is 1.